The van der Waals surface area contributed by atoms with Gasteiger partial charge < -0.3 is 15.4 Å². The minimum absolute atomic E-state index is 0.0160. The molecule has 0 radical (unpaired) electrons. The Morgan fingerprint density at radius 3 is 2.88 bits per heavy atom. The van der Waals surface area contributed by atoms with Crippen molar-refractivity contribution in [3.63, 3.8) is 0 Å². The first kappa shape index (κ1) is 12.3. The van der Waals surface area contributed by atoms with Gasteiger partial charge in [-0.05, 0) is 12.5 Å². The van der Waals surface area contributed by atoms with Crippen LogP contribution in [0.2, 0.25) is 0 Å². The fraction of sp³-hybridized carbons (Fsp3) is 0.455. The number of carbonyl (C=O) groups excluding carboxylic acids is 1. The molecule has 16 heavy (non-hydrogen) atoms. The van der Waals surface area contributed by atoms with E-state index < -0.39 is 0 Å². The van der Waals surface area contributed by atoms with Crippen LogP contribution in [0.1, 0.15) is 13.3 Å². The van der Waals surface area contributed by atoms with Gasteiger partial charge in [-0.3, -0.25) is 4.79 Å². The smallest absolute Gasteiger partial charge is 0.239 e. The molecule has 0 spiro atoms. The molecule has 5 heteroatoms. The highest BCUT2D eigenvalue weighted by Crippen LogP contribution is 2.10. The van der Waals surface area contributed by atoms with Gasteiger partial charge in [0.25, 0.3) is 0 Å². The second kappa shape index (κ2) is 6.66. The molecule has 0 bridgehead atoms. The van der Waals surface area contributed by atoms with Crippen molar-refractivity contribution >= 4 is 11.6 Å². The van der Waals surface area contributed by atoms with Crippen molar-refractivity contribution in [2.75, 3.05) is 25.5 Å². The summed E-state index contributed by atoms with van der Waals surface area (Å²) in [6.45, 7) is 2.98. The molecular weight excluding hydrogens is 206 g/mol. The van der Waals surface area contributed by atoms with E-state index in [-0.39, 0.29) is 12.5 Å². The number of aromatic nitrogens is 1. The molecule has 1 aromatic rings. The van der Waals surface area contributed by atoms with E-state index >= 15 is 0 Å². The molecule has 0 aliphatic heterocycles. The van der Waals surface area contributed by atoms with Crippen molar-refractivity contribution in [3.05, 3.63) is 18.3 Å². The summed E-state index contributed by atoms with van der Waals surface area (Å²) in [4.78, 5) is 15.3. The summed E-state index contributed by atoms with van der Waals surface area (Å²) in [5, 5.41) is 5.75. The van der Waals surface area contributed by atoms with E-state index in [0.29, 0.717) is 12.4 Å². The van der Waals surface area contributed by atoms with Crippen LogP contribution in [0.4, 0.5) is 5.69 Å². The molecule has 0 fully saturated rings. The molecule has 2 N–H and O–H groups in total. The Morgan fingerprint density at radius 1 is 1.50 bits per heavy atom. The number of methoxy groups -OCH3 is 1. The maximum absolute atomic E-state index is 11.3. The highest BCUT2D eigenvalue weighted by molar-refractivity contribution is 5.80. The minimum Gasteiger partial charge on any atom is -0.481 e. The SMILES string of the molecule is CCCNC(=O)CNc1ccc(OC)nc1. The van der Waals surface area contributed by atoms with Gasteiger partial charge in [0.15, 0.2) is 0 Å². The fourth-order valence-electron chi connectivity index (χ4n) is 1.11. The lowest BCUT2D eigenvalue weighted by atomic mass is 10.4. The Bertz CT molecular complexity index is 325. The number of amides is 1. The monoisotopic (exact) mass is 223 g/mol. The number of nitrogens with one attached hydrogen (secondary N) is 2. The van der Waals surface area contributed by atoms with Gasteiger partial charge in [0.2, 0.25) is 11.8 Å². The molecule has 5 nitrogen and oxygen atoms in total. The van der Waals surface area contributed by atoms with E-state index in [1.807, 2.05) is 13.0 Å². The number of ether oxygens (including phenoxy) is 1. The predicted molar refractivity (Wildman–Crippen MR) is 62.6 cm³/mol. The van der Waals surface area contributed by atoms with Gasteiger partial charge in [-0.15, -0.1) is 0 Å². The van der Waals surface area contributed by atoms with Crippen LogP contribution < -0.4 is 15.4 Å². The zero-order valence-electron chi connectivity index (χ0n) is 9.62. The summed E-state index contributed by atoms with van der Waals surface area (Å²) >= 11 is 0. The molecule has 0 saturated carbocycles. The van der Waals surface area contributed by atoms with Crippen molar-refractivity contribution in [2.45, 2.75) is 13.3 Å². The van der Waals surface area contributed by atoms with Crippen molar-refractivity contribution in [3.8, 4) is 5.88 Å². The molecule has 88 valence electrons. The zero-order chi connectivity index (χ0) is 11.8. The third-order valence-electron chi connectivity index (χ3n) is 1.97. The molecule has 0 aliphatic rings. The Morgan fingerprint density at radius 2 is 2.31 bits per heavy atom. The molecule has 0 saturated heterocycles. The average molecular weight is 223 g/mol. The maximum Gasteiger partial charge on any atom is 0.239 e. The number of anilines is 1. The van der Waals surface area contributed by atoms with Gasteiger partial charge in [-0.25, -0.2) is 4.98 Å². The van der Waals surface area contributed by atoms with Crippen LogP contribution in [0, 0.1) is 0 Å². The van der Waals surface area contributed by atoms with Gasteiger partial charge in [-0.2, -0.15) is 0 Å². The van der Waals surface area contributed by atoms with Crippen molar-refractivity contribution in [1.29, 1.82) is 0 Å². The zero-order valence-corrected chi connectivity index (χ0v) is 9.62. The van der Waals surface area contributed by atoms with Crippen LogP contribution in [0.5, 0.6) is 5.88 Å². The summed E-state index contributed by atoms with van der Waals surface area (Å²) in [5.74, 6) is 0.540. The lowest BCUT2D eigenvalue weighted by molar-refractivity contribution is -0.119. The third-order valence-corrected chi connectivity index (χ3v) is 1.97. The number of rotatable bonds is 6. The molecule has 0 aromatic carbocycles. The van der Waals surface area contributed by atoms with Gasteiger partial charge in [-0.1, -0.05) is 6.92 Å². The summed E-state index contributed by atoms with van der Waals surface area (Å²) in [6, 6.07) is 3.56. The lowest BCUT2D eigenvalue weighted by Gasteiger charge is -2.07. The largest absolute Gasteiger partial charge is 0.481 e. The molecule has 1 rings (SSSR count). The molecule has 0 unspecified atom stereocenters. The highest BCUT2D eigenvalue weighted by atomic mass is 16.5. The van der Waals surface area contributed by atoms with Crippen LogP contribution in [-0.2, 0) is 4.79 Å². The van der Waals surface area contributed by atoms with Gasteiger partial charge >= 0.3 is 0 Å². The van der Waals surface area contributed by atoms with E-state index in [0.717, 1.165) is 12.1 Å². The molecule has 1 amide bonds. The Kier molecular flexibility index (Phi) is 5.11. The molecule has 1 heterocycles. The maximum atomic E-state index is 11.3. The Labute approximate surface area is 95.2 Å². The fourth-order valence-corrected chi connectivity index (χ4v) is 1.11. The van der Waals surface area contributed by atoms with Crippen LogP contribution in [0.25, 0.3) is 0 Å². The normalized spacial score (nSPS) is 9.62. The number of nitrogens with zero attached hydrogens (tertiary/aromatic N) is 1. The molecule has 0 atom stereocenters. The molecule has 1 aromatic heterocycles. The standard InChI is InChI=1S/C11H17N3O2/c1-3-6-12-10(15)8-13-9-4-5-11(16-2)14-7-9/h4-5,7,13H,3,6,8H2,1-2H3,(H,12,15). The van der Waals surface area contributed by atoms with Gasteiger partial charge in [0.1, 0.15) is 0 Å². The van der Waals surface area contributed by atoms with Crippen LogP contribution >= 0.6 is 0 Å². The number of hydrogen-bond donors (Lipinski definition) is 2. The Balaban J connectivity index is 2.33. The first-order valence-electron chi connectivity index (χ1n) is 5.27. The minimum atomic E-state index is -0.0160. The van der Waals surface area contributed by atoms with E-state index in [4.69, 9.17) is 4.74 Å². The second-order valence-corrected chi connectivity index (χ2v) is 3.29. The Hall–Kier alpha value is -1.78. The number of hydrogen-bond acceptors (Lipinski definition) is 4. The van der Waals surface area contributed by atoms with E-state index in [1.165, 1.54) is 0 Å². The van der Waals surface area contributed by atoms with E-state index in [9.17, 15) is 4.79 Å². The predicted octanol–water partition coefficient (Wildman–Crippen LogP) is 1.03. The number of pyridine rings is 1. The second-order valence-electron chi connectivity index (χ2n) is 3.29. The van der Waals surface area contributed by atoms with E-state index in [2.05, 4.69) is 15.6 Å². The molecule has 0 aliphatic carbocycles. The van der Waals surface area contributed by atoms with Gasteiger partial charge in [0, 0.05) is 12.6 Å². The van der Waals surface area contributed by atoms with Crippen LogP contribution in [0.15, 0.2) is 18.3 Å². The first-order chi connectivity index (χ1) is 7.76. The topological polar surface area (TPSA) is 63.2 Å². The number of carbonyl (C=O) groups is 1. The van der Waals surface area contributed by atoms with Crippen molar-refractivity contribution in [2.24, 2.45) is 0 Å². The summed E-state index contributed by atoms with van der Waals surface area (Å²) < 4.78 is 4.93. The van der Waals surface area contributed by atoms with Crippen LogP contribution in [-0.4, -0.2) is 31.1 Å². The third kappa shape index (κ3) is 4.16. The van der Waals surface area contributed by atoms with Crippen molar-refractivity contribution < 1.29 is 9.53 Å². The summed E-state index contributed by atoms with van der Waals surface area (Å²) in [7, 11) is 1.56. The highest BCUT2D eigenvalue weighted by Gasteiger charge is 2.00. The van der Waals surface area contributed by atoms with Crippen molar-refractivity contribution in [1.82, 2.24) is 10.3 Å². The average Bonchev–Trinajstić information content (AvgIpc) is 2.34. The molecular formula is C11H17N3O2. The first-order valence-corrected chi connectivity index (χ1v) is 5.27. The summed E-state index contributed by atoms with van der Waals surface area (Å²) in [6.07, 6.45) is 2.57. The lowest BCUT2D eigenvalue weighted by Crippen LogP contribution is -2.30. The van der Waals surface area contributed by atoms with E-state index in [1.54, 1.807) is 19.4 Å². The van der Waals surface area contributed by atoms with Crippen LogP contribution in [0.3, 0.4) is 0 Å². The summed E-state index contributed by atoms with van der Waals surface area (Å²) in [5.41, 5.74) is 0.799. The van der Waals surface area contributed by atoms with Gasteiger partial charge in [0.05, 0.1) is 25.5 Å². The quantitative estimate of drug-likeness (QED) is 0.756.